The third-order valence-electron chi connectivity index (χ3n) is 3.52. The summed E-state index contributed by atoms with van der Waals surface area (Å²) in [6, 6.07) is 5.62. The van der Waals surface area contributed by atoms with Gasteiger partial charge in [-0.05, 0) is 55.0 Å². The lowest BCUT2D eigenvalue weighted by atomic mass is 9.99. The summed E-state index contributed by atoms with van der Waals surface area (Å²) in [6.07, 6.45) is 3.39. The minimum absolute atomic E-state index is 0.112. The fourth-order valence-electron chi connectivity index (χ4n) is 2.66. The quantitative estimate of drug-likeness (QED) is 0.816. The van der Waals surface area contributed by atoms with E-state index in [2.05, 4.69) is 19.2 Å². The van der Waals surface area contributed by atoms with Crippen molar-refractivity contribution in [1.82, 2.24) is 5.32 Å². The Labute approximate surface area is 97.1 Å². The first-order chi connectivity index (χ1) is 7.76. The van der Waals surface area contributed by atoms with E-state index < -0.39 is 0 Å². The topological polar surface area (TPSA) is 12.0 Å². The number of hydrogen-bond donors (Lipinski definition) is 1. The monoisotopic (exact) mass is 221 g/mol. The van der Waals surface area contributed by atoms with Gasteiger partial charge in [-0.2, -0.15) is 0 Å². The molecule has 1 N–H and O–H groups in total. The molecule has 1 aromatic rings. The summed E-state index contributed by atoms with van der Waals surface area (Å²) in [5, 5.41) is 3.51. The van der Waals surface area contributed by atoms with E-state index in [0.29, 0.717) is 12.0 Å². The molecule has 1 aromatic carbocycles. The zero-order valence-corrected chi connectivity index (χ0v) is 10.1. The molecule has 2 atom stereocenters. The second kappa shape index (κ2) is 4.96. The fourth-order valence-corrected chi connectivity index (χ4v) is 2.66. The molecule has 0 radical (unpaired) electrons. The molecule has 0 aliphatic heterocycles. The summed E-state index contributed by atoms with van der Waals surface area (Å²) in [7, 11) is 0. The van der Waals surface area contributed by atoms with Gasteiger partial charge in [0.05, 0.1) is 0 Å². The van der Waals surface area contributed by atoms with E-state index >= 15 is 0 Å². The SMILES string of the molecule is CCCNC1CC(CC)c2ccc(F)cc21. The molecule has 0 heterocycles. The Bertz CT molecular complexity index is 362. The number of fused-ring (bicyclic) bond motifs is 1. The van der Waals surface area contributed by atoms with Crippen molar-refractivity contribution in [2.45, 2.75) is 45.1 Å². The van der Waals surface area contributed by atoms with E-state index in [4.69, 9.17) is 0 Å². The highest BCUT2D eigenvalue weighted by molar-refractivity contribution is 5.38. The van der Waals surface area contributed by atoms with Crippen LogP contribution in [0.15, 0.2) is 18.2 Å². The second-order valence-corrected chi connectivity index (χ2v) is 4.62. The maximum Gasteiger partial charge on any atom is 0.123 e. The van der Waals surface area contributed by atoms with Crippen LogP contribution >= 0.6 is 0 Å². The highest BCUT2D eigenvalue weighted by Gasteiger charge is 2.29. The molecule has 2 rings (SSSR count). The van der Waals surface area contributed by atoms with Crippen molar-refractivity contribution in [1.29, 1.82) is 0 Å². The van der Waals surface area contributed by atoms with Crippen LogP contribution in [0.3, 0.4) is 0 Å². The van der Waals surface area contributed by atoms with Crippen LogP contribution in [0, 0.1) is 5.82 Å². The van der Waals surface area contributed by atoms with E-state index in [1.807, 2.05) is 6.07 Å². The van der Waals surface area contributed by atoms with Crippen molar-refractivity contribution in [3.05, 3.63) is 35.1 Å². The lowest BCUT2D eigenvalue weighted by Crippen LogP contribution is -2.20. The van der Waals surface area contributed by atoms with Gasteiger partial charge in [-0.15, -0.1) is 0 Å². The first-order valence-electron chi connectivity index (χ1n) is 6.29. The molecule has 0 saturated heterocycles. The normalized spacial score (nSPS) is 23.4. The van der Waals surface area contributed by atoms with Crippen LogP contribution in [0.4, 0.5) is 4.39 Å². The Morgan fingerprint density at radius 1 is 1.31 bits per heavy atom. The van der Waals surface area contributed by atoms with Crippen LogP contribution in [0.2, 0.25) is 0 Å². The van der Waals surface area contributed by atoms with Crippen molar-refractivity contribution >= 4 is 0 Å². The van der Waals surface area contributed by atoms with Gasteiger partial charge in [0.2, 0.25) is 0 Å². The van der Waals surface area contributed by atoms with Crippen LogP contribution in [-0.2, 0) is 0 Å². The molecule has 88 valence electrons. The van der Waals surface area contributed by atoms with Crippen LogP contribution < -0.4 is 5.32 Å². The molecule has 0 amide bonds. The molecule has 0 fully saturated rings. The first kappa shape index (κ1) is 11.6. The van der Waals surface area contributed by atoms with Gasteiger partial charge < -0.3 is 5.32 Å². The summed E-state index contributed by atoms with van der Waals surface area (Å²) in [4.78, 5) is 0. The third-order valence-corrected chi connectivity index (χ3v) is 3.52. The molecular formula is C14H20FN. The van der Waals surface area contributed by atoms with Gasteiger partial charge in [0, 0.05) is 6.04 Å². The summed E-state index contributed by atoms with van der Waals surface area (Å²) < 4.78 is 13.3. The predicted octanol–water partition coefficient (Wildman–Crippen LogP) is 3.76. The number of hydrogen-bond acceptors (Lipinski definition) is 1. The maximum absolute atomic E-state index is 13.3. The van der Waals surface area contributed by atoms with Gasteiger partial charge in [0.25, 0.3) is 0 Å². The smallest absolute Gasteiger partial charge is 0.123 e. The number of nitrogens with one attached hydrogen (secondary N) is 1. The zero-order valence-electron chi connectivity index (χ0n) is 10.1. The Morgan fingerprint density at radius 2 is 2.12 bits per heavy atom. The lowest BCUT2D eigenvalue weighted by molar-refractivity contribution is 0.487. The Morgan fingerprint density at radius 3 is 2.81 bits per heavy atom. The molecule has 1 aliphatic carbocycles. The third kappa shape index (κ3) is 2.12. The van der Waals surface area contributed by atoms with Gasteiger partial charge in [-0.25, -0.2) is 4.39 Å². The van der Waals surface area contributed by atoms with Crippen molar-refractivity contribution in [3.63, 3.8) is 0 Å². The van der Waals surface area contributed by atoms with E-state index in [9.17, 15) is 4.39 Å². The molecular weight excluding hydrogens is 201 g/mol. The minimum Gasteiger partial charge on any atom is -0.310 e. The molecule has 0 saturated carbocycles. The van der Waals surface area contributed by atoms with Crippen LogP contribution in [-0.4, -0.2) is 6.54 Å². The highest BCUT2D eigenvalue weighted by atomic mass is 19.1. The maximum atomic E-state index is 13.3. The Balaban J connectivity index is 2.24. The minimum atomic E-state index is -0.112. The average molecular weight is 221 g/mol. The average Bonchev–Trinajstić information content (AvgIpc) is 2.64. The van der Waals surface area contributed by atoms with Gasteiger partial charge in [0.15, 0.2) is 0 Å². The van der Waals surface area contributed by atoms with Crippen molar-refractivity contribution < 1.29 is 4.39 Å². The summed E-state index contributed by atoms with van der Waals surface area (Å²) in [6.45, 7) is 5.38. The summed E-state index contributed by atoms with van der Waals surface area (Å²) >= 11 is 0. The predicted molar refractivity (Wildman–Crippen MR) is 65.1 cm³/mol. The summed E-state index contributed by atoms with van der Waals surface area (Å²) in [5.41, 5.74) is 2.53. The van der Waals surface area contributed by atoms with Crippen LogP contribution in [0.5, 0.6) is 0 Å². The van der Waals surface area contributed by atoms with E-state index in [1.54, 1.807) is 12.1 Å². The van der Waals surface area contributed by atoms with Crippen LogP contribution in [0.1, 0.15) is 56.2 Å². The van der Waals surface area contributed by atoms with Crippen LogP contribution in [0.25, 0.3) is 0 Å². The standard InChI is InChI=1S/C14H20FN/c1-3-7-16-14-8-10(4-2)12-6-5-11(15)9-13(12)14/h5-6,9-10,14,16H,3-4,7-8H2,1-2H3. The molecule has 0 spiro atoms. The molecule has 2 unspecified atom stereocenters. The zero-order chi connectivity index (χ0) is 11.5. The number of halogens is 1. The Hall–Kier alpha value is -0.890. The largest absolute Gasteiger partial charge is 0.310 e. The summed E-state index contributed by atoms with van der Waals surface area (Å²) in [5.74, 6) is 0.490. The van der Waals surface area contributed by atoms with Gasteiger partial charge in [0.1, 0.15) is 5.82 Å². The van der Waals surface area contributed by atoms with E-state index in [0.717, 1.165) is 25.8 Å². The highest BCUT2D eigenvalue weighted by Crippen LogP contribution is 2.42. The molecule has 0 bridgehead atoms. The van der Waals surface area contributed by atoms with Gasteiger partial charge in [-0.1, -0.05) is 19.9 Å². The number of rotatable bonds is 4. The molecule has 0 aromatic heterocycles. The van der Waals surface area contributed by atoms with E-state index in [1.165, 1.54) is 11.1 Å². The van der Waals surface area contributed by atoms with E-state index in [-0.39, 0.29) is 5.82 Å². The van der Waals surface area contributed by atoms with Crippen molar-refractivity contribution in [3.8, 4) is 0 Å². The van der Waals surface area contributed by atoms with Crippen molar-refractivity contribution in [2.75, 3.05) is 6.54 Å². The van der Waals surface area contributed by atoms with Crippen molar-refractivity contribution in [2.24, 2.45) is 0 Å². The lowest BCUT2D eigenvalue weighted by Gasteiger charge is -2.13. The fraction of sp³-hybridized carbons (Fsp3) is 0.571. The molecule has 1 nitrogen and oxygen atoms in total. The van der Waals surface area contributed by atoms with Gasteiger partial charge >= 0.3 is 0 Å². The van der Waals surface area contributed by atoms with Gasteiger partial charge in [-0.3, -0.25) is 0 Å². The number of benzene rings is 1. The Kier molecular flexibility index (Phi) is 3.59. The molecule has 1 aliphatic rings. The second-order valence-electron chi connectivity index (χ2n) is 4.62. The first-order valence-corrected chi connectivity index (χ1v) is 6.29. The molecule has 2 heteroatoms. The molecule has 16 heavy (non-hydrogen) atoms.